The van der Waals surface area contributed by atoms with Crippen molar-refractivity contribution >= 4 is 5.91 Å². The first-order valence-corrected chi connectivity index (χ1v) is 14.2. The molecule has 3 aliphatic rings. The Morgan fingerprint density at radius 1 is 0.868 bits per heavy atom. The van der Waals surface area contributed by atoms with Crippen molar-refractivity contribution in [3.8, 4) is 23.0 Å². The molecular formula is C31H43IN2O4. The van der Waals surface area contributed by atoms with Crippen LogP contribution in [-0.2, 0) is 4.79 Å². The molecule has 0 spiro atoms. The molecule has 2 aromatic carbocycles. The zero-order valence-corrected chi connectivity index (χ0v) is 25.3. The predicted octanol–water partition coefficient (Wildman–Crippen LogP) is 3.03. The van der Waals surface area contributed by atoms with Crippen LogP contribution in [0, 0.1) is 5.92 Å². The fraction of sp³-hybridized carbons (Fsp3) is 0.581. The van der Waals surface area contributed by atoms with Crippen LogP contribution in [0.3, 0.4) is 0 Å². The van der Waals surface area contributed by atoms with E-state index in [9.17, 15) is 4.79 Å². The largest absolute Gasteiger partial charge is 1.00 e. The highest BCUT2D eigenvalue weighted by Gasteiger charge is 2.37. The summed E-state index contributed by atoms with van der Waals surface area (Å²) in [5.41, 5.74) is 1.74. The highest BCUT2D eigenvalue weighted by Crippen LogP contribution is 2.46. The molecule has 7 heteroatoms. The third kappa shape index (κ3) is 6.58. The summed E-state index contributed by atoms with van der Waals surface area (Å²) in [7, 11) is 5.71. The van der Waals surface area contributed by atoms with Crippen LogP contribution in [0.5, 0.6) is 23.0 Å². The topological polar surface area (TPSA) is 56.8 Å². The number of rotatable bonds is 6. The van der Waals surface area contributed by atoms with E-state index >= 15 is 0 Å². The summed E-state index contributed by atoms with van der Waals surface area (Å²) >= 11 is 0. The van der Waals surface area contributed by atoms with Crippen molar-refractivity contribution < 1.29 is 47.5 Å². The van der Waals surface area contributed by atoms with E-state index in [1.165, 1.54) is 51.5 Å². The molecule has 38 heavy (non-hydrogen) atoms. The van der Waals surface area contributed by atoms with Crippen LogP contribution >= 0.6 is 0 Å². The van der Waals surface area contributed by atoms with Crippen LogP contribution < -0.4 is 43.5 Å². The van der Waals surface area contributed by atoms with Gasteiger partial charge in [-0.15, -0.1) is 0 Å². The molecule has 0 radical (unpaired) electrons. The lowest BCUT2D eigenvalue weighted by atomic mass is 9.86. The number of fused-ring (bicyclic) bond motifs is 2. The molecule has 1 N–H and O–H groups in total. The van der Waals surface area contributed by atoms with Gasteiger partial charge in [0.05, 0.1) is 46.8 Å². The summed E-state index contributed by atoms with van der Waals surface area (Å²) in [6.45, 7) is 3.57. The van der Waals surface area contributed by atoms with Crippen LogP contribution in [0.15, 0.2) is 36.4 Å². The molecule has 1 saturated carbocycles. The molecule has 0 bridgehead atoms. The third-order valence-corrected chi connectivity index (χ3v) is 8.85. The number of nitrogens with zero attached hydrogens (tertiary/aromatic N) is 1. The maximum absolute atomic E-state index is 13.8. The molecule has 0 aromatic heterocycles. The normalized spacial score (nSPS) is 23.9. The van der Waals surface area contributed by atoms with Gasteiger partial charge in [0, 0.05) is 48.1 Å². The summed E-state index contributed by atoms with van der Waals surface area (Å²) < 4.78 is 18.2. The summed E-state index contributed by atoms with van der Waals surface area (Å²) in [4.78, 5) is 13.8. The van der Waals surface area contributed by atoms with Gasteiger partial charge in [-0.2, -0.15) is 0 Å². The molecule has 1 saturated heterocycles. The van der Waals surface area contributed by atoms with Crippen molar-refractivity contribution in [3.63, 3.8) is 0 Å². The van der Waals surface area contributed by atoms with Crippen molar-refractivity contribution in [2.75, 3.05) is 40.9 Å². The molecule has 1 amide bonds. The Morgan fingerprint density at radius 3 is 1.92 bits per heavy atom. The fourth-order valence-corrected chi connectivity index (χ4v) is 6.65. The molecule has 2 heterocycles. The van der Waals surface area contributed by atoms with E-state index in [0.29, 0.717) is 23.0 Å². The van der Waals surface area contributed by atoms with Crippen molar-refractivity contribution in [2.45, 2.75) is 69.7 Å². The minimum atomic E-state index is -0.423. The van der Waals surface area contributed by atoms with Gasteiger partial charge in [0.1, 0.15) is 23.0 Å². The van der Waals surface area contributed by atoms with Gasteiger partial charge in [-0.05, 0) is 25.0 Å². The number of quaternary nitrogens is 1. The molecule has 1 aliphatic carbocycles. The smallest absolute Gasteiger partial charge is 0.232 e. The SMILES string of the molecule is COc1ccc2c(c1)Oc1cc(OC)ccc1C2C(=O)NC1CC[N+](C)(CC2CCCCCCC2)CC1.[I-]. The molecule has 2 fully saturated rings. The molecular weight excluding hydrogens is 591 g/mol. The molecule has 0 unspecified atom stereocenters. The van der Waals surface area contributed by atoms with E-state index in [4.69, 9.17) is 14.2 Å². The lowest BCUT2D eigenvalue weighted by Gasteiger charge is -2.43. The lowest BCUT2D eigenvalue weighted by Crippen LogP contribution is -3.00. The summed E-state index contributed by atoms with van der Waals surface area (Å²) in [5.74, 6) is 3.21. The Labute approximate surface area is 245 Å². The highest BCUT2D eigenvalue weighted by molar-refractivity contribution is 5.90. The number of benzene rings is 2. The monoisotopic (exact) mass is 634 g/mol. The molecule has 2 aromatic rings. The Bertz CT molecular complexity index is 1040. The molecule has 0 atom stereocenters. The number of ether oxygens (including phenoxy) is 3. The molecule has 5 rings (SSSR count). The number of carbonyl (C=O) groups excluding carboxylic acids is 1. The predicted molar refractivity (Wildman–Crippen MR) is 146 cm³/mol. The minimum Gasteiger partial charge on any atom is -1.00 e. The zero-order chi connectivity index (χ0) is 25.8. The van der Waals surface area contributed by atoms with Crippen molar-refractivity contribution in [1.29, 1.82) is 0 Å². The number of halogens is 1. The first-order valence-electron chi connectivity index (χ1n) is 14.2. The van der Waals surface area contributed by atoms with Gasteiger partial charge in [0.2, 0.25) is 5.91 Å². The average Bonchev–Trinajstić information content (AvgIpc) is 2.89. The second-order valence-corrected chi connectivity index (χ2v) is 11.6. The van der Waals surface area contributed by atoms with Gasteiger partial charge < -0.3 is 48.0 Å². The quantitative estimate of drug-likeness (QED) is 0.393. The van der Waals surface area contributed by atoms with E-state index in [1.54, 1.807) is 14.2 Å². The van der Waals surface area contributed by atoms with E-state index in [2.05, 4.69) is 12.4 Å². The van der Waals surface area contributed by atoms with Gasteiger partial charge in [0.25, 0.3) is 0 Å². The first-order chi connectivity index (χ1) is 18.0. The second-order valence-electron chi connectivity index (χ2n) is 11.6. The number of nitrogens with one attached hydrogen (secondary N) is 1. The first kappa shape index (κ1) is 29.0. The van der Waals surface area contributed by atoms with E-state index in [0.717, 1.165) is 47.5 Å². The number of carbonyl (C=O) groups is 1. The summed E-state index contributed by atoms with van der Waals surface area (Å²) in [5, 5.41) is 3.42. The lowest BCUT2D eigenvalue weighted by molar-refractivity contribution is -0.917. The second kappa shape index (κ2) is 12.9. The molecule has 6 nitrogen and oxygen atoms in total. The van der Waals surface area contributed by atoms with Crippen LogP contribution in [0.1, 0.15) is 74.8 Å². The number of likely N-dealkylation sites (tertiary alicyclic amines) is 1. The van der Waals surface area contributed by atoms with Gasteiger partial charge >= 0.3 is 0 Å². The van der Waals surface area contributed by atoms with Crippen LogP contribution in [0.4, 0.5) is 0 Å². The van der Waals surface area contributed by atoms with Crippen molar-refractivity contribution in [3.05, 3.63) is 47.5 Å². The number of piperidine rings is 1. The highest BCUT2D eigenvalue weighted by atomic mass is 127. The van der Waals surface area contributed by atoms with Crippen molar-refractivity contribution in [2.24, 2.45) is 5.92 Å². The number of methoxy groups -OCH3 is 2. The van der Waals surface area contributed by atoms with Crippen LogP contribution in [0.2, 0.25) is 0 Å². The standard InChI is InChI=1S/C31H42N2O4.HI/c1-33(21-22-9-7-5-4-6-8-10-22)17-15-23(16-18-33)32-31(34)30-26-13-11-24(35-2)19-28(26)37-29-20-25(36-3)12-14-27(29)30;/h11-14,19-20,22-23,30H,4-10,15-18,21H2,1-3H3;1H. The van der Waals surface area contributed by atoms with Gasteiger partial charge in [-0.25, -0.2) is 0 Å². The average molecular weight is 635 g/mol. The Kier molecular flexibility index (Phi) is 9.84. The third-order valence-electron chi connectivity index (χ3n) is 8.85. The summed E-state index contributed by atoms with van der Waals surface area (Å²) in [6.07, 6.45) is 11.9. The minimum absolute atomic E-state index is 0. The summed E-state index contributed by atoms with van der Waals surface area (Å²) in [6, 6.07) is 11.6. The van der Waals surface area contributed by atoms with Crippen LogP contribution in [-0.4, -0.2) is 57.3 Å². The fourth-order valence-electron chi connectivity index (χ4n) is 6.65. The van der Waals surface area contributed by atoms with Gasteiger partial charge in [0.15, 0.2) is 0 Å². The van der Waals surface area contributed by atoms with Gasteiger partial charge in [-0.3, -0.25) is 4.79 Å². The maximum atomic E-state index is 13.8. The van der Waals surface area contributed by atoms with Crippen LogP contribution in [0.25, 0.3) is 0 Å². The molecule has 2 aliphatic heterocycles. The Morgan fingerprint density at radius 2 is 1.39 bits per heavy atom. The Hall–Kier alpha value is -2.00. The van der Waals surface area contributed by atoms with Gasteiger partial charge in [-0.1, -0.05) is 44.2 Å². The maximum Gasteiger partial charge on any atom is 0.232 e. The molecule has 208 valence electrons. The number of hydrogen-bond acceptors (Lipinski definition) is 4. The number of amides is 1. The van der Waals surface area contributed by atoms with E-state index in [-0.39, 0.29) is 35.9 Å². The van der Waals surface area contributed by atoms with Crippen molar-refractivity contribution in [1.82, 2.24) is 5.32 Å². The zero-order valence-electron chi connectivity index (χ0n) is 23.1. The number of hydrogen-bond donors (Lipinski definition) is 1. The van der Waals surface area contributed by atoms with E-state index < -0.39 is 5.92 Å². The van der Waals surface area contributed by atoms with E-state index in [1.807, 2.05) is 36.4 Å². The Balaban J connectivity index is 0.00000336.